The van der Waals surface area contributed by atoms with Gasteiger partial charge in [0.25, 0.3) is 0 Å². The van der Waals surface area contributed by atoms with Crippen LogP contribution in [-0.2, 0) is 4.74 Å². The van der Waals surface area contributed by atoms with Gasteiger partial charge >= 0.3 is 6.09 Å². The summed E-state index contributed by atoms with van der Waals surface area (Å²) in [4.78, 5) is 11.0. The topological polar surface area (TPSA) is 90.4 Å². The summed E-state index contributed by atoms with van der Waals surface area (Å²) in [6.45, 7) is 2.06. The van der Waals surface area contributed by atoms with Crippen LogP contribution in [-0.4, -0.2) is 12.7 Å². The summed E-state index contributed by atoms with van der Waals surface area (Å²) in [5, 5.41) is 2.51. The molecule has 0 unspecified atom stereocenters. The van der Waals surface area contributed by atoms with Crippen molar-refractivity contribution >= 4 is 48.0 Å². The number of hydrogen-bond acceptors (Lipinski definition) is 4. The number of nitrogens with two attached hydrogens (primary N) is 2. The van der Waals surface area contributed by atoms with Gasteiger partial charge < -0.3 is 16.2 Å². The van der Waals surface area contributed by atoms with Crippen LogP contribution < -0.4 is 16.8 Å². The molecule has 5 nitrogen and oxygen atoms in total. The van der Waals surface area contributed by atoms with Gasteiger partial charge in [0.15, 0.2) is 0 Å². The number of carbonyl (C=O) groups excluding carboxylic acids is 1. The Morgan fingerprint density at radius 3 is 2.44 bits per heavy atom. The second-order valence-electron chi connectivity index (χ2n) is 2.69. The lowest BCUT2D eigenvalue weighted by atomic mass is 10.2. The van der Waals surface area contributed by atoms with Crippen LogP contribution in [0.1, 0.15) is 6.92 Å². The molecule has 0 spiro atoms. The molecule has 0 atom stereocenters. The predicted molar refractivity (Wildman–Crippen MR) is 70.4 cm³/mol. The number of amides is 1. The third-order valence-electron chi connectivity index (χ3n) is 1.61. The van der Waals surface area contributed by atoms with E-state index in [0.29, 0.717) is 23.7 Å². The fraction of sp³-hybridized carbons (Fsp3) is 0.222. The molecule has 1 aromatic carbocycles. The monoisotopic (exact) mass is 267 g/mol. The number of anilines is 3. The van der Waals surface area contributed by atoms with Crippen molar-refractivity contribution in [2.45, 2.75) is 6.92 Å². The molecule has 5 N–H and O–H groups in total. The van der Waals surface area contributed by atoms with Crippen molar-refractivity contribution in [3.63, 3.8) is 0 Å². The van der Waals surface area contributed by atoms with E-state index in [1.807, 2.05) is 0 Å². The van der Waals surface area contributed by atoms with Crippen molar-refractivity contribution in [3.8, 4) is 0 Å². The first-order chi connectivity index (χ1) is 6.63. The molecule has 7 heteroatoms. The van der Waals surface area contributed by atoms with Crippen LogP contribution in [0.15, 0.2) is 18.2 Å². The molecule has 16 heavy (non-hydrogen) atoms. The number of hydrogen-bond donors (Lipinski definition) is 3. The van der Waals surface area contributed by atoms with Gasteiger partial charge in [-0.15, -0.1) is 24.8 Å². The van der Waals surface area contributed by atoms with Gasteiger partial charge in [-0.25, -0.2) is 4.79 Å². The van der Waals surface area contributed by atoms with Crippen LogP contribution in [0.3, 0.4) is 0 Å². The van der Waals surface area contributed by atoms with Crippen molar-refractivity contribution in [3.05, 3.63) is 18.2 Å². The Labute approximate surface area is 106 Å². The molecule has 92 valence electrons. The minimum Gasteiger partial charge on any atom is -0.450 e. The van der Waals surface area contributed by atoms with Crippen molar-refractivity contribution in [2.24, 2.45) is 0 Å². The van der Waals surface area contributed by atoms with Gasteiger partial charge in [0.1, 0.15) is 0 Å². The first kappa shape index (κ1) is 17.1. The molecule has 0 fully saturated rings. The quantitative estimate of drug-likeness (QED) is 0.717. The van der Waals surface area contributed by atoms with E-state index in [1.54, 1.807) is 25.1 Å². The zero-order valence-electron chi connectivity index (χ0n) is 8.73. The van der Waals surface area contributed by atoms with E-state index in [9.17, 15) is 4.79 Å². The summed E-state index contributed by atoms with van der Waals surface area (Å²) < 4.78 is 4.69. The minimum atomic E-state index is -0.503. The van der Waals surface area contributed by atoms with Crippen LogP contribution in [0.2, 0.25) is 0 Å². The number of nitrogens with one attached hydrogen (secondary N) is 1. The number of rotatable bonds is 2. The molecule has 0 heterocycles. The normalized spacial score (nSPS) is 8.31. The van der Waals surface area contributed by atoms with Crippen LogP contribution in [0.5, 0.6) is 0 Å². The highest BCUT2D eigenvalue weighted by molar-refractivity contribution is 5.86. The predicted octanol–water partition coefficient (Wildman–Crippen LogP) is 2.26. The largest absolute Gasteiger partial charge is 0.450 e. The zero-order valence-corrected chi connectivity index (χ0v) is 10.4. The summed E-state index contributed by atoms with van der Waals surface area (Å²) in [6.07, 6.45) is -0.503. The van der Waals surface area contributed by atoms with Gasteiger partial charge in [-0.2, -0.15) is 0 Å². The van der Waals surface area contributed by atoms with E-state index in [0.717, 1.165) is 0 Å². The maximum absolute atomic E-state index is 11.0. The van der Waals surface area contributed by atoms with Crippen molar-refractivity contribution in [1.82, 2.24) is 0 Å². The number of halogens is 2. The summed E-state index contributed by atoms with van der Waals surface area (Å²) in [5.41, 5.74) is 12.5. The fourth-order valence-electron chi connectivity index (χ4n) is 0.938. The van der Waals surface area contributed by atoms with Gasteiger partial charge in [-0.1, -0.05) is 0 Å². The van der Waals surface area contributed by atoms with Crippen LogP contribution >= 0.6 is 24.8 Å². The molecule has 0 radical (unpaired) electrons. The lowest BCUT2D eigenvalue weighted by Crippen LogP contribution is -2.13. The summed E-state index contributed by atoms with van der Waals surface area (Å²) in [6, 6.07) is 4.85. The fourth-order valence-corrected chi connectivity index (χ4v) is 0.938. The van der Waals surface area contributed by atoms with E-state index in [-0.39, 0.29) is 24.8 Å². The lowest BCUT2D eigenvalue weighted by Gasteiger charge is -2.06. The van der Waals surface area contributed by atoms with E-state index in [1.165, 1.54) is 0 Å². The average Bonchev–Trinajstić information content (AvgIpc) is 2.12. The Morgan fingerprint density at radius 1 is 1.31 bits per heavy atom. The van der Waals surface area contributed by atoms with Gasteiger partial charge in [0, 0.05) is 5.69 Å². The summed E-state index contributed by atoms with van der Waals surface area (Å²) in [5.74, 6) is 0. The molecule has 0 aliphatic heterocycles. The highest BCUT2D eigenvalue weighted by Gasteiger charge is 2.02. The van der Waals surface area contributed by atoms with Gasteiger partial charge in [0.2, 0.25) is 0 Å². The Balaban J connectivity index is 0. The molecule has 1 rings (SSSR count). The molecule has 0 bridgehead atoms. The maximum Gasteiger partial charge on any atom is 0.411 e. The molecule has 0 saturated heterocycles. The van der Waals surface area contributed by atoms with E-state index in [2.05, 4.69) is 5.32 Å². The van der Waals surface area contributed by atoms with Crippen molar-refractivity contribution in [2.75, 3.05) is 23.4 Å². The lowest BCUT2D eigenvalue weighted by molar-refractivity contribution is 0.168. The van der Waals surface area contributed by atoms with Gasteiger partial charge in [-0.05, 0) is 25.1 Å². The van der Waals surface area contributed by atoms with Crippen molar-refractivity contribution in [1.29, 1.82) is 0 Å². The SMILES string of the molecule is CCOC(=O)Nc1ccc(N)c(N)c1.Cl.Cl. The third kappa shape index (κ3) is 4.95. The Hall–Kier alpha value is -1.33. The van der Waals surface area contributed by atoms with Crippen LogP contribution in [0, 0.1) is 0 Å². The molecule has 0 saturated carbocycles. The smallest absolute Gasteiger partial charge is 0.411 e. The Bertz CT molecular complexity index is 348. The average molecular weight is 268 g/mol. The Morgan fingerprint density at radius 2 is 1.94 bits per heavy atom. The van der Waals surface area contributed by atoms with Crippen molar-refractivity contribution < 1.29 is 9.53 Å². The highest BCUT2D eigenvalue weighted by atomic mass is 35.5. The van der Waals surface area contributed by atoms with Crippen LogP contribution in [0.25, 0.3) is 0 Å². The molecule has 0 aromatic heterocycles. The standard InChI is InChI=1S/C9H13N3O2.2ClH/c1-2-14-9(13)12-6-3-4-7(10)8(11)5-6;;/h3-5H,2,10-11H2,1H3,(H,12,13);2*1H. The maximum atomic E-state index is 11.0. The third-order valence-corrected chi connectivity index (χ3v) is 1.61. The van der Waals surface area contributed by atoms with E-state index in [4.69, 9.17) is 16.2 Å². The number of carbonyl (C=O) groups is 1. The first-order valence-electron chi connectivity index (χ1n) is 4.22. The molecular formula is C9H15Cl2N3O2. The second kappa shape index (κ2) is 7.90. The van der Waals surface area contributed by atoms with E-state index < -0.39 is 6.09 Å². The van der Waals surface area contributed by atoms with Crippen LogP contribution in [0.4, 0.5) is 21.9 Å². The zero-order chi connectivity index (χ0) is 10.6. The van der Waals surface area contributed by atoms with E-state index >= 15 is 0 Å². The minimum absolute atomic E-state index is 0. The summed E-state index contributed by atoms with van der Waals surface area (Å²) >= 11 is 0. The Kier molecular flexibility index (Phi) is 8.43. The molecule has 1 aromatic rings. The summed E-state index contributed by atoms with van der Waals surface area (Å²) in [7, 11) is 0. The molecule has 0 aliphatic rings. The number of benzene rings is 1. The number of ether oxygens (including phenoxy) is 1. The molecular weight excluding hydrogens is 253 g/mol. The number of nitrogen functional groups attached to an aromatic ring is 2. The van der Waals surface area contributed by atoms with Gasteiger partial charge in [0.05, 0.1) is 18.0 Å². The first-order valence-corrected chi connectivity index (χ1v) is 4.22. The highest BCUT2D eigenvalue weighted by Crippen LogP contribution is 2.19. The molecule has 1 amide bonds. The second-order valence-corrected chi connectivity index (χ2v) is 2.69. The van der Waals surface area contributed by atoms with Gasteiger partial charge in [-0.3, -0.25) is 5.32 Å². The molecule has 0 aliphatic carbocycles.